The first kappa shape index (κ1) is 16.0. The molecule has 0 atom stereocenters. The van der Waals surface area contributed by atoms with Gasteiger partial charge < -0.3 is 5.32 Å². The van der Waals surface area contributed by atoms with Crippen molar-refractivity contribution in [2.75, 3.05) is 11.9 Å². The molecule has 0 fully saturated rings. The molecule has 2 N–H and O–H groups in total. The van der Waals surface area contributed by atoms with Gasteiger partial charge in [0, 0.05) is 20.9 Å². The van der Waals surface area contributed by atoms with Crippen LogP contribution in [0, 0.1) is 0 Å². The molecule has 1 aromatic carbocycles. The Balaban J connectivity index is 2.44. The smallest absolute Gasteiger partial charge is 0.259 e. The van der Waals surface area contributed by atoms with Gasteiger partial charge in [-0.05, 0) is 47.5 Å². The summed E-state index contributed by atoms with van der Waals surface area (Å²) in [5.41, 5.74) is 4.25. The van der Waals surface area contributed by atoms with Crippen molar-refractivity contribution in [3.05, 3.63) is 27.7 Å². The van der Waals surface area contributed by atoms with Crippen LogP contribution in [-0.4, -0.2) is 18.2 Å². The fraction of sp³-hybridized carbons (Fsp3) is 0.385. The van der Waals surface area contributed by atoms with E-state index in [1.54, 1.807) is 12.1 Å². The lowest BCUT2D eigenvalue weighted by Gasteiger charge is -2.08. The van der Waals surface area contributed by atoms with E-state index in [-0.39, 0.29) is 12.5 Å². The van der Waals surface area contributed by atoms with Crippen LogP contribution in [0.15, 0.2) is 27.8 Å². The Morgan fingerprint density at radius 2 is 2.21 bits per heavy atom. The number of hydrogen-bond donors (Lipinski definition) is 2. The first-order chi connectivity index (χ1) is 9.02. The van der Waals surface area contributed by atoms with Crippen molar-refractivity contribution in [1.29, 1.82) is 0 Å². The van der Waals surface area contributed by atoms with Gasteiger partial charge in [0.1, 0.15) is 0 Å². The van der Waals surface area contributed by atoms with Gasteiger partial charge in [0.05, 0.1) is 6.54 Å². The van der Waals surface area contributed by atoms with Crippen molar-refractivity contribution in [3.8, 4) is 0 Å². The maximum Gasteiger partial charge on any atom is 0.259 e. The second-order valence-electron chi connectivity index (χ2n) is 4.11. The van der Waals surface area contributed by atoms with Gasteiger partial charge in [-0.25, -0.2) is 5.43 Å². The highest BCUT2D eigenvalue weighted by Gasteiger charge is 2.03. The number of carbonyl (C=O) groups excluding carboxylic acids is 1. The summed E-state index contributed by atoms with van der Waals surface area (Å²) in [5, 5.41) is 7.66. The molecule has 0 radical (unpaired) electrons. The minimum Gasteiger partial charge on any atom is -0.375 e. The lowest BCUT2D eigenvalue weighted by atomic mass is 10.2. The Morgan fingerprint density at radius 1 is 1.47 bits per heavy atom. The maximum atomic E-state index is 11.6. The third-order valence-corrected chi connectivity index (χ3v) is 3.24. The monoisotopic (exact) mass is 345 g/mol. The molecule has 0 unspecified atom stereocenters. The van der Waals surface area contributed by atoms with Gasteiger partial charge in [-0.1, -0.05) is 24.9 Å². The number of benzene rings is 1. The van der Waals surface area contributed by atoms with Gasteiger partial charge in [0.2, 0.25) is 0 Å². The van der Waals surface area contributed by atoms with Crippen molar-refractivity contribution < 1.29 is 4.79 Å². The van der Waals surface area contributed by atoms with Crippen LogP contribution < -0.4 is 10.7 Å². The number of halogens is 2. The lowest BCUT2D eigenvalue weighted by molar-refractivity contribution is -0.119. The summed E-state index contributed by atoms with van der Waals surface area (Å²) >= 11 is 9.21. The largest absolute Gasteiger partial charge is 0.375 e. The molecule has 104 valence electrons. The SMILES string of the molecule is CCC/C(C)=N/NC(=O)CNc1ccc(Cl)cc1Br. The van der Waals surface area contributed by atoms with Gasteiger partial charge in [-0.15, -0.1) is 0 Å². The zero-order chi connectivity index (χ0) is 14.3. The van der Waals surface area contributed by atoms with Gasteiger partial charge in [-0.2, -0.15) is 5.10 Å². The molecule has 0 aliphatic carbocycles. The Labute approximate surface area is 126 Å². The Kier molecular flexibility index (Phi) is 6.87. The van der Waals surface area contributed by atoms with Crippen LogP contribution in [0.2, 0.25) is 5.02 Å². The average molecular weight is 347 g/mol. The van der Waals surface area contributed by atoms with Crippen molar-refractivity contribution in [3.63, 3.8) is 0 Å². The Bertz CT molecular complexity index is 477. The molecular formula is C13H17BrClN3O. The quantitative estimate of drug-likeness (QED) is 0.608. The summed E-state index contributed by atoms with van der Waals surface area (Å²) in [6.07, 6.45) is 1.90. The number of anilines is 1. The van der Waals surface area contributed by atoms with Crippen LogP contribution in [0.4, 0.5) is 5.69 Å². The third kappa shape index (κ3) is 6.07. The summed E-state index contributed by atoms with van der Waals surface area (Å²) in [4.78, 5) is 11.6. The molecule has 0 bridgehead atoms. The first-order valence-corrected chi connectivity index (χ1v) is 7.21. The number of nitrogens with zero attached hydrogens (tertiary/aromatic N) is 1. The molecule has 1 aromatic rings. The molecule has 6 heteroatoms. The summed E-state index contributed by atoms with van der Waals surface area (Å²) < 4.78 is 0.818. The number of hydrazone groups is 1. The van der Waals surface area contributed by atoms with E-state index >= 15 is 0 Å². The molecule has 0 spiro atoms. The van der Waals surface area contributed by atoms with Gasteiger partial charge >= 0.3 is 0 Å². The van der Waals surface area contributed by atoms with Crippen LogP contribution in [-0.2, 0) is 4.79 Å². The average Bonchev–Trinajstić information content (AvgIpc) is 2.35. The molecule has 0 saturated carbocycles. The lowest BCUT2D eigenvalue weighted by Crippen LogP contribution is -2.26. The van der Waals surface area contributed by atoms with Gasteiger partial charge in [0.25, 0.3) is 5.91 Å². The molecule has 0 aliphatic heterocycles. The second-order valence-corrected chi connectivity index (χ2v) is 5.40. The molecule has 0 saturated heterocycles. The van der Waals surface area contributed by atoms with E-state index in [4.69, 9.17) is 11.6 Å². The molecule has 0 aromatic heterocycles. The normalized spacial score (nSPS) is 11.3. The predicted molar refractivity (Wildman–Crippen MR) is 83.8 cm³/mol. The summed E-state index contributed by atoms with van der Waals surface area (Å²) in [5.74, 6) is -0.183. The molecule has 1 rings (SSSR count). The highest BCUT2D eigenvalue weighted by molar-refractivity contribution is 9.10. The molecular weight excluding hydrogens is 330 g/mol. The summed E-state index contributed by atoms with van der Waals surface area (Å²) in [6, 6.07) is 5.34. The molecule has 1 amide bonds. The Morgan fingerprint density at radius 3 is 2.84 bits per heavy atom. The minimum atomic E-state index is -0.183. The molecule has 0 aliphatic rings. The first-order valence-electron chi connectivity index (χ1n) is 6.04. The third-order valence-electron chi connectivity index (χ3n) is 2.35. The maximum absolute atomic E-state index is 11.6. The van der Waals surface area contributed by atoms with E-state index in [1.165, 1.54) is 0 Å². The van der Waals surface area contributed by atoms with Crippen LogP contribution in [0.1, 0.15) is 26.7 Å². The molecule has 4 nitrogen and oxygen atoms in total. The number of nitrogens with one attached hydrogen (secondary N) is 2. The summed E-state index contributed by atoms with van der Waals surface area (Å²) in [7, 11) is 0. The number of amides is 1. The van der Waals surface area contributed by atoms with E-state index in [2.05, 4.69) is 38.7 Å². The second kappa shape index (κ2) is 8.17. The van der Waals surface area contributed by atoms with Gasteiger partial charge in [0.15, 0.2) is 0 Å². The number of carbonyl (C=O) groups is 1. The topological polar surface area (TPSA) is 53.5 Å². The van der Waals surface area contributed by atoms with E-state index in [0.717, 1.165) is 28.7 Å². The highest BCUT2D eigenvalue weighted by Crippen LogP contribution is 2.25. The zero-order valence-corrected chi connectivity index (χ0v) is 13.3. The number of rotatable bonds is 6. The van der Waals surface area contributed by atoms with E-state index in [1.807, 2.05) is 13.0 Å². The molecule has 19 heavy (non-hydrogen) atoms. The van der Waals surface area contributed by atoms with Crippen molar-refractivity contribution >= 4 is 44.8 Å². The fourth-order valence-electron chi connectivity index (χ4n) is 1.42. The van der Waals surface area contributed by atoms with E-state index in [9.17, 15) is 4.79 Å². The minimum absolute atomic E-state index is 0.156. The fourth-order valence-corrected chi connectivity index (χ4v) is 2.25. The van der Waals surface area contributed by atoms with E-state index in [0.29, 0.717) is 5.02 Å². The Hall–Kier alpha value is -1.07. The van der Waals surface area contributed by atoms with Crippen molar-refractivity contribution in [1.82, 2.24) is 5.43 Å². The highest BCUT2D eigenvalue weighted by atomic mass is 79.9. The van der Waals surface area contributed by atoms with E-state index < -0.39 is 0 Å². The van der Waals surface area contributed by atoms with Gasteiger partial charge in [-0.3, -0.25) is 4.79 Å². The van der Waals surface area contributed by atoms with Crippen molar-refractivity contribution in [2.45, 2.75) is 26.7 Å². The van der Waals surface area contributed by atoms with Crippen molar-refractivity contribution in [2.24, 2.45) is 5.10 Å². The number of hydrogen-bond acceptors (Lipinski definition) is 3. The summed E-state index contributed by atoms with van der Waals surface area (Å²) in [6.45, 7) is 4.12. The zero-order valence-electron chi connectivity index (χ0n) is 11.0. The van der Waals surface area contributed by atoms with Crippen LogP contribution >= 0.6 is 27.5 Å². The predicted octanol–water partition coefficient (Wildman–Crippen LogP) is 3.81. The standard InChI is InChI=1S/C13H17BrClN3O/c1-3-4-9(2)17-18-13(19)8-16-12-6-5-10(15)7-11(12)14/h5-7,16H,3-4,8H2,1-2H3,(H,18,19)/b17-9+. The van der Waals surface area contributed by atoms with Crippen LogP contribution in [0.3, 0.4) is 0 Å². The van der Waals surface area contributed by atoms with Crippen LogP contribution in [0.25, 0.3) is 0 Å². The van der Waals surface area contributed by atoms with Crippen LogP contribution in [0.5, 0.6) is 0 Å². The molecule has 0 heterocycles.